The number of aromatic amines is 1. The summed E-state index contributed by atoms with van der Waals surface area (Å²) < 4.78 is 6.70. The lowest BCUT2D eigenvalue weighted by Crippen LogP contribution is -2.03. The zero-order valence-corrected chi connectivity index (χ0v) is 10.0. The van der Waals surface area contributed by atoms with E-state index in [-0.39, 0.29) is 0 Å². The predicted octanol–water partition coefficient (Wildman–Crippen LogP) is 1.51. The van der Waals surface area contributed by atoms with Crippen LogP contribution in [0, 0.1) is 13.8 Å². The lowest BCUT2D eigenvalue weighted by atomic mass is 10.2. The largest absolute Gasteiger partial charge is 0.417 e. The third-order valence-corrected chi connectivity index (χ3v) is 2.81. The number of nitrogens with zero attached hydrogens (tertiary/aromatic N) is 2. The first kappa shape index (κ1) is 10.6. The SMILES string of the molecule is Cc1cc(C)n(-c2cc3[nH]c(=O)oc3cc2N)n1. The molecule has 0 bridgehead atoms. The molecule has 0 aliphatic heterocycles. The lowest BCUT2D eigenvalue weighted by Gasteiger charge is -2.07. The van der Waals surface area contributed by atoms with E-state index in [1.807, 2.05) is 19.9 Å². The number of H-pyrrole nitrogens is 1. The standard InChI is InChI=1S/C12H12N4O2/c1-6-3-7(2)16(15-6)10-5-9-11(4-8(10)13)18-12(17)14-9/h3-5H,13H2,1-2H3,(H,14,17). The van der Waals surface area contributed by atoms with Gasteiger partial charge in [0.05, 0.1) is 22.6 Å². The van der Waals surface area contributed by atoms with Gasteiger partial charge in [-0.15, -0.1) is 0 Å². The van der Waals surface area contributed by atoms with Gasteiger partial charge in [-0.3, -0.25) is 4.98 Å². The Bertz CT molecular complexity index is 794. The van der Waals surface area contributed by atoms with E-state index in [2.05, 4.69) is 10.1 Å². The van der Waals surface area contributed by atoms with E-state index in [4.69, 9.17) is 10.2 Å². The smallest absolute Gasteiger partial charge is 0.408 e. The third kappa shape index (κ3) is 1.50. The summed E-state index contributed by atoms with van der Waals surface area (Å²) in [7, 11) is 0. The van der Waals surface area contributed by atoms with Gasteiger partial charge in [-0.2, -0.15) is 5.10 Å². The van der Waals surface area contributed by atoms with Crippen molar-refractivity contribution in [3.63, 3.8) is 0 Å². The van der Waals surface area contributed by atoms with Crippen molar-refractivity contribution in [2.45, 2.75) is 13.8 Å². The maximum atomic E-state index is 11.1. The van der Waals surface area contributed by atoms with Crippen LogP contribution in [0.5, 0.6) is 0 Å². The molecular formula is C12H12N4O2. The van der Waals surface area contributed by atoms with Gasteiger partial charge in [0, 0.05) is 11.8 Å². The van der Waals surface area contributed by atoms with E-state index in [0.29, 0.717) is 16.8 Å². The van der Waals surface area contributed by atoms with Crippen molar-refractivity contribution in [1.82, 2.24) is 14.8 Å². The maximum Gasteiger partial charge on any atom is 0.417 e. The third-order valence-electron chi connectivity index (χ3n) is 2.81. The summed E-state index contributed by atoms with van der Waals surface area (Å²) >= 11 is 0. The number of fused-ring (bicyclic) bond motifs is 1. The molecule has 0 fully saturated rings. The molecular weight excluding hydrogens is 232 g/mol. The zero-order valence-electron chi connectivity index (χ0n) is 10.0. The number of hydrogen-bond acceptors (Lipinski definition) is 4. The second kappa shape index (κ2) is 3.49. The Kier molecular flexibility index (Phi) is 2.07. The fraction of sp³-hybridized carbons (Fsp3) is 0.167. The van der Waals surface area contributed by atoms with E-state index < -0.39 is 5.76 Å². The minimum absolute atomic E-state index is 0.447. The fourth-order valence-electron chi connectivity index (χ4n) is 2.06. The van der Waals surface area contributed by atoms with E-state index in [1.54, 1.807) is 16.8 Å². The number of benzene rings is 1. The van der Waals surface area contributed by atoms with Gasteiger partial charge in [0.15, 0.2) is 5.58 Å². The van der Waals surface area contributed by atoms with Gasteiger partial charge in [-0.1, -0.05) is 0 Å². The van der Waals surface area contributed by atoms with Crippen LogP contribution < -0.4 is 11.5 Å². The van der Waals surface area contributed by atoms with Crippen LogP contribution in [-0.4, -0.2) is 14.8 Å². The Labute approximate surface area is 102 Å². The van der Waals surface area contributed by atoms with Crippen LogP contribution in [0.3, 0.4) is 0 Å². The molecule has 18 heavy (non-hydrogen) atoms. The average molecular weight is 244 g/mol. The van der Waals surface area contributed by atoms with Crippen LogP contribution in [0.1, 0.15) is 11.4 Å². The van der Waals surface area contributed by atoms with Crippen molar-refractivity contribution in [3.8, 4) is 5.69 Å². The molecule has 0 aliphatic rings. The molecule has 0 amide bonds. The average Bonchev–Trinajstić information content (AvgIpc) is 2.79. The van der Waals surface area contributed by atoms with Gasteiger partial charge < -0.3 is 10.2 Å². The van der Waals surface area contributed by atoms with E-state index in [0.717, 1.165) is 17.1 Å². The van der Waals surface area contributed by atoms with E-state index in [9.17, 15) is 4.79 Å². The molecule has 0 saturated carbocycles. The van der Waals surface area contributed by atoms with Crippen LogP contribution in [0.15, 0.2) is 27.4 Å². The molecule has 6 nitrogen and oxygen atoms in total. The summed E-state index contributed by atoms with van der Waals surface area (Å²) in [5.74, 6) is -0.491. The highest BCUT2D eigenvalue weighted by Gasteiger charge is 2.11. The molecule has 3 N–H and O–H groups in total. The number of nitrogens with one attached hydrogen (secondary N) is 1. The molecule has 0 spiro atoms. The van der Waals surface area contributed by atoms with Crippen LogP contribution in [0.4, 0.5) is 5.69 Å². The highest BCUT2D eigenvalue weighted by molar-refractivity contribution is 5.81. The predicted molar refractivity (Wildman–Crippen MR) is 67.8 cm³/mol. The van der Waals surface area contributed by atoms with Crippen molar-refractivity contribution in [1.29, 1.82) is 0 Å². The minimum atomic E-state index is -0.491. The normalized spacial score (nSPS) is 11.2. The number of rotatable bonds is 1. The van der Waals surface area contributed by atoms with Gasteiger partial charge in [-0.05, 0) is 26.0 Å². The molecule has 0 radical (unpaired) electrons. The number of anilines is 1. The number of oxazole rings is 1. The maximum absolute atomic E-state index is 11.1. The summed E-state index contributed by atoms with van der Waals surface area (Å²) in [5, 5.41) is 4.37. The molecule has 6 heteroatoms. The van der Waals surface area contributed by atoms with E-state index in [1.165, 1.54) is 0 Å². The fourth-order valence-corrected chi connectivity index (χ4v) is 2.06. The van der Waals surface area contributed by atoms with Gasteiger partial charge >= 0.3 is 5.76 Å². The molecule has 92 valence electrons. The molecule has 0 unspecified atom stereocenters. The molecule has 3 aromatic rings. The van der Waals surface area contributed by atoms with Crippen molar-refractivity contribution >= 4 is 16.8 Å². The Morgan fingerprint density at radius 3 is 2.78 bits per heavy atom. The molecule has 2 aromatic heterocycles. The lowest BCUT2D eigenvalue weighted by molar-refractivity contribution is 0.555. The summed E-state index contributed by atoms with van der Waals surface area (Å²) in [4.78, 5) is 13.7. The van der Waals surface area contributed by atoms with Crippen LogP contribution in [-0.2, 0) is 0 Å². The Morgan fingerprint density at radius 1 is 1.33 bits per heavy atom. The highest BCUT2D eigenvalue weighted by atomic mass is 16.4. The first-order valence-electron chi connectivity index (χ1n) is 5.50. The monoisotopic (exact) mass is 244 g/mol. The molecule has 0 saturated heterocycles. The first-order chi connectivity index (χ1) is 8.54. The topological polar surface area (TPSA) is 89.8 Å². The molecule has 0 atom stereocenters. The summed E-state index contributed by atoms with van der Waals surface area (Å²) in [6.07, 6.45) is 0. The first-order valence-corrected chi connectivity index (χ1v) is 5.50. The summed E-state index contributed by atoms with van der Waals surface area (Å²) in [5.41, 5.74) is 10.1. The van der Waals surface area contributed by atoms with Crippen molar-refractivity contribution < 1.29 is 4.42 Å². The second-order valence-electron chi connectivity index (χ2n) is 4.26. The van der Waals surface area contributed by atoms with Gasteiger partial charge in [0.2, 0.25) is 0 Å². The van der Waals surface area contributed by atoms with Crippen LogP contribution in [0.25, 0.3) is 16.8 Å². The Morgan fingerprint density at radius 2 is 2.11 bits per heavy atom. The molecule has 3 rings (SSSR count). The highest BCUT2D eigenvalue weighted by Crippen LogP contribution is 2.24. The molecule has 2 heterocycles. The second-order valence-corrected chi connectivity index (χ2v) is 4.26. The minimum Gasteiger partial charge on any atom is -0.408 e. The molecule has 0 aliphatic carbocycles. The van der Waals surface area contributed by atoms with Gasteiger partial charge in [-0.25, -0.2) is 9.48 Å². The van der Waals surface area contributed by atoms with Gasteiger partial charge in [0.1, 0.15) is 0 Å². The molecule has 1 aromatic carbocycles. The number of hydrogen-bond donors (Lipinski definition) is 2. The number of aromatic nitrogens is 3. The Hall–Kier alpha value is -2.50. The quantitative estimate of drug-likeness (QED) is 0.635. The Balaban J connectivity index is 2.31. The van der Waals surface area contributed by atoms with Crippen molar-refractivity contribution in [3.05, 3.63) is 40.1 Å². The zero-order chi connectivity index (χ0) is 12.9. The van der Waals surface area contributed by atoms with Crippen LogP contribution in [0.2, 0.25) is 0 Å². The van der Waals surface area contributed by atoms with Crippen molar-refractivity contribution in [2.24, 2.45) is 0 Å². The number of aryl methyl sites for hydroxylation is 2. The van der Waals surface area contributed by atoms with Crippen molar-refractivity contribution in [2.75, 3.05) is 5.73 Å². The van der Waals surface area contributed by atoms with Crippen LogP contribution >= 0.6 is 0 Å². The summed E-state index contributed by atoms with van der Waals surface area (Å²) in [6, 6.07) is 5.34. The number of nitrogen functional groups attached to an aromatic ring is 1. The number of nitrogens with two attached hydrogens (primary N) is 1. The van der Waals surface area contributed by atoms with E-state index >= 15 is 0 Å². The van der Waals surface area contributed by atoms with Gasteiger partial charge in [0.25, 0.3) is 0 Å². The summed E-state index contributed by atoms with van der Waals surface area (Å²) in [6.45, 7) is 3.86.